The molecule has 15 heavy (non-hydrogen) atoms. The van der Waals surface area contributed by atoms with Crippen LogP contribution in [0.5, 0.6) is 0 Å². The molecule has 0 aliphatic carbocycles. The zero-order valence-electron chi connectivity index (χ0n) is 8.31. The molecule has 1 rings (SSSR count). The highest BCUT2D eigenvalue weighted by Gasteiger charge is 2.06. The van der Waals surface area contributed by atoms with E-state index >= 15 is 0 Å². The molecule has 0 aliphatic rings. The lowest BCUT2D eigenvalue weighted by Crippen LogP contribution is -2.10. The first-order valence-corrected chi connectivity index (χ1v) is 6.17. The molecule has 0 saturated carbocycles. The van der Waals surface area contributed by atoms with Gasteiger partial charge in [-0.05, 0) is 50.4 Å². The minimum atomic E-state index is 0.0149. The molecule has 1 aromatic carbocycles. The summed E-state index contributed by atoms with van der Waals surface area (Å²) in [6.07, 6.45) is 1.36. The lowest BCUT2D eigenvalue weighted by Gasteiger charge is -2.08. The highest BCUT2D eigenvalue weighted by atomic mass is 79.9. The zero-order valence-corrected chi connectivity index (χ0v) is 11.5. The molecule has 5 heteroatoms. The number of benzene rings is 1. The predicted octanol–water partition coefficient (Wildman–Crippen LogP) is 3.53. The van der Waals surface area contributed by atoms with E-state index in [9.17, 15) is 4.79 Å². The fraction of sp³-hybridized carbons (Fsp3) is 0.300. The van der Waals surface area contributed by atoms with Crippen LogP contribution >= 0.6 is 31.9 Å². The Morgan fingerprint density at radius 2 is 1.93 bits per heavy atom. The van der Waals surface area contributed by atoms with E-state index in [1.807, 2.05) is 6.92 Å². The van der Waals surface area contributed by atoms with E-state index < -0.39 is 0 Å². The van der Waals surface area contributed by atoms with Crippen molar-refractivity contribution < 1.29 is 4.79 Å². The Hall–Kier alpha value is -0.550. The highest BCUT2D eigenvalue weighted by molar-refractivity contribution is 9.11. The van der Waals surface area contributed by atoms with Crippen LogP contribution < -0.4 is 11.1 Å². The first-order chi connectivity index (χ1) is 7.04. The number of nitrogens with one attached hydrogen (secondary N) is 1. The van der Waals surface area contributed by atoms with E-state index in [4.69, 9.17) is 5.73 Å². The van der Waals surface area contributed by atoms with Crippen molar-refractivity contribution in [2.45, 2.75) is 19.8 Å². The van der Waals surface area contributed by atoms with E-state index in [1.54, 1.807) is 12.1 Å². The monoisotopic (exact) mass is 334 g/mol. The fourth-order valence-corrected chi connectivity index (χ4v) is 2.29. The van der Waals surface area contributed by atoms with Gasteiger partial charge in [0.1, 0.15) is 0 Å². The molecule has 1 aromatic rings. The van der Waals surface area contributed by atoms with E-state index in [2.05, 4.69) is 37.2 Å². The van der Waals surface area contributed by atoms with Crippen LogP contribution in [-0.2, 0) is 4.79 Å². The Labute approximate surface area is 106 Å². The molecule has 0 fully saturated rings. The van der Waals surface area contributed by atoms with Gasteiger partial charge in [-0.15, -0.1) is 0 Å². The molecule has 0 bridgehead atoms. The number of hydrogen-bond acceptors (Lipinski definition) is 2. The first kappa shape index (κ1) is 12.5. The van der Waals surface area contributed by atoms with Crippen LogP contribution in [0.15, 0.2) is 21.1 Å². The van der Waals surface area contributed by atoms with Crippen LogP contribution in [0.2, 0.25) is 0 Å². The third-order valence-corrected chi connectivity index (χ3v) is 3.15. The third kappa shape index (κ3) is 3.50. The molecular weight excluding hydrogens is 324 g/mol. The van der Waals surface area contributed by atoms with Crippen LogP contribution in [0.1, 0.15) is 19.8 Å². The SMILES string of the molecule is CCCC(=O)Nc1cc(Br)c(N)c(Br)c1. The molecule has 0 saturated heterocycles. The van der Waals surface area contributed by atoms with E-state index in [0.717, 1.165) is 21.1 Å². The van der Waals surface area contributed by atoms with Gasteiger partial charge in [0.15, 0.2) is 0 Å². The number of amides is 1. The summed E-state index contributed by atoms with van der Waals surface area (Å²) in [5, 5.41) is 2.80. The molecule has 0 radical (unpaired) electrons. The predicted molar refractivity (Wildman–Crippen MR) is 69.8 cm³/mol. The molecule has 0 atom stereocenters. The van der Waals surface area contributed by atoms with Gasteiger partial charge in [0.2, 0.25) is 5.91 Å². The Bertz CT molecular complexity index is 357. The van der Waals surface area contributed by atoms with Crippen molar-refractivity contribution >= 4 is 49.1 Å². The van der Waals surface area contributed by atoms with Gasteiger partial charge >= 0.3 is 0 Å². The third-order valence-electron chi connectivity index (χ3n) is 1.84. The molecule has 0 heterocycles. The maximum atomic E-state index is 11.3. The molecule has 0 aliphatic heterocycles. The lowest BCUT2D eigenvalue weighted by molar-refractivity contribution is -0.116. The average Bonchev–Trinajstić information content (AvgIpc) is 2.14. The van der Waals surface area contributed by atoms with Crippen molar-refractivity contribution in [3.63, 3.8) is 0 Å². The van der Waals surface area contributed by atoms with E-state index in [1.165, 1.54) is 0 Å². The Balaban J connectivity index is 2.83. The summed E-state index contributed by atoms with van der Waals surface area (Å²) in [5.41, 5.74) is 7.10. The number of anilines is 2. The second-order valence-electron chi connectivity index (χ2n) is 3.15. The van der Waals surface area contributed by atoms with Crippen LogP contribution in [0, 0.1) is 0 Å². The number of rotatable bonds is 3. The van der Waals surface area contributed by atoms with Gasteiger partial charge in [-0.2, -0.15) is 0 Å². The second kappa shape index (κ2) is 5.51. The molecule has 0 unspecified atom stereocenters. The Morgan fingerprint density at radius 1 is 1.40 bits per heavy atom. The molecule has 82 valence electrons. The largest absolute Gasteiger partial charge is 0.397 e. The number of nitrogen functional groups attached to an aromatic ring is 1. The summed E-state index contributed by atoms with van der Waals surface area (Å²) in [6, 6.07) is 3.57. The smallest absolute Gasteiger partial charge is 0.224 e. The maximum Gasteiger partial charge on any atom is 0.224 e. The summed E-state index contributed by atoms with van der Waals surface area (Å²) in [4.78, 5) is 11.3. The normalized spacial score (nSPS) is 10.1. The quantitative estimate of drug-likeness (QED) is 0.830. The van der Waals surface area contributed by atoms with E-state index in [0.29, 0.717) is 12.1 Å². The van der Waals surface area contributed by atoms with Crippen LogP contribution in [0.3, 0.4) is 0 Å². The summed E-state index contributed by atoms with van der Waals surface area (Å²) < 4.78 is 1.53. The summed E-state index contributed by atoms with van der Waals surface area (Å²) in [7, 11) is 0. The van der Waals surface area contributed by atoms with Crippen molar-refractivity contribution in [1.82, 2.24) is 0 Å². The second-order valence-corrected chi connectivity index (χ2v) is 4.86. The van der Waals surface area contributed by atoms with Gasteiger partial charge in [0, 0.05) is 21.1 Å². The lowest BCUT2D eigenvalue weighted by atomic mass is 10.2. The van der Waals surface area contributed by atoms with Crippen molar-refractivity contribution in [1.29, 1.82) is 0 Å². The van der Waals surface area contributed by atoms with Gasteiger partial charge in [-0.25, -0.2) is 0 Å². The van der Waals surface area contributed by atoms with Crippen molar-refractivity contribution in [3.05, 3.63) is 21.1 Å². The Kier molecular flexibility index (Phi) is 4.60. The van der Waals surface area contributed by atoms with Crippen LogP contribution in [0.25, 0.3) is 0 Å². The van der Waals surface area contributed by atoms with Gasteiger partial charge in [0.05, 0.1) is 5.69 Å². The topological polar surface area (TPSA) is 55.1 Å². The number of carbonyl (C=O) groups is 1. The Morgan fingerprint density at radius 3 is 2.40 bits per heavy atom. The van der Waals surface area contributed by atoms with Gasteiger partial charge in [-0.3, -0.25) is 4.79 Å². The summed E-state index contributed by atoms with van der Waals surface area (Å²) >= 11 is 6.64. The minimum absolute atomic E-state index is 0.0149. The fourth-order valence-electron chi connectivity index (χ4n) is 1.11. The maximum absolute atomic E-state index is 11.3. The van der Waals surface area contributed by atoms with Crippen molar-refractivity contribution in [2.24, 2.45) is 0 Å². The number of hydrogen-bond donors (Lipinski definition) is 2. The van der Waals surface area contributed by atoms with Crippen molar-refractivity contribution in [3.8, 4) is 0 Å². The number of halogens is 2. The minimum Gasteiger partial charge on any atom is -0.397 e. The molecule has 3 nitrogen and oxygen atoms in total. The van der Waals surface area contributed by atoms with Gasteiger partial charge in [-0.1, -0.05) is 6.92 Å². The number of carbonyl (C=O) groups excluding carboxylic acids is 1. The van der Waals surface area contributed by atoms with E-state index in [-0.39, 0.29) is 5.91 Å². The van der Waals surface area contributed by atoms with Gasteiger partial charge < -0.3 is 11.1 Å². The number of nitrogens with two attached hydrogens (primary N) is 1. The molecule has 3 N–H and O–H groups in total. The van der Waals surface area contributed by atoms with Crippen molar-refractivity contribution in [2.75, 3.05) is 11.1 Å². The molecule has 1 amide bonds. The first-order valence-electron chi connectivity index (χ1n) is 4.59. The van der Waals surface area contributed by atoms with Crippen LogP contribution in [-0.4, -0.2) is 5.91 Å². The standard InChI is InChI=1S/C10H12Br2N2O/c1-2-3-9(15)14-6-4-7(11)10(13)8(12)5-6/h4-5H,2-3,13H2,1H3,(H,14,15). The van der Waals surface area contributed by atoms with Gasteiger partial charge in [0.25, 0.3) is 0 Å². The summed E-state index contributed by atoms with van der Waals surface area (Å²) in [5.74, 6) is 0.0149. The zero-order chi connectivity index (χ0) is 11.4. The molecule has 0 spiro atoms. The molecular formula is C10H12Br2N2O. The average molecular weight is 336 g/mol. The molecule has 0 aromatic heterocycles. The van der Waals surface area contributed by atoms with Crippen LogP contribution in [0.4, 0.5) is 11.4 Å². The highest BCUT2D eigenvalue weighted by Crippen LogP contribution is 2.31. The summed E-state index contributed by atoms with van der Waals surface area (Å²) in [6.45, 7) is 1.97.